The minimum absolute atomic E-state index is 0.356. The lowest BCUT2D eigenvalue weighted by molar-refractivity contribution is 0.457. The van der Waals surface area contributed by atoms with Gasteiger partial charge in [0.25, 0.3) is 0 Å². The highest BCUT2D eigenvalue weighted by Crippen LogP contribution is 2.62. The predicted molar refractivity (Wildman–Crippen MR) is 57.0 cm³/mol. The zero-order chi connectivity index (χ0) is 11.3. The maximum absolute atomic E-state index is 4.14. The monoisotopic (exact) mass is 209 g/mol. The minimum Gasteiger partial charge on any atom is -0.306 e. The van der Waals surface area contributed by atoms with Crippen LogP contribution in [-0.4, -0.2) is 26.2 Å². The van der Waals surface area contributed by atoms with Crippen molar-refractivity contribution >= 4 is 0 Å². The van der Waals surface area contributed by atoms with E-state index in [9.17, 15) is 0 Å². The van der Waals surface area contributed by atoms with E-state index in [1.807, 2.05) is 0 Å². The number of aryl methyl sites for hydroxylation is 1. The molecule has 5 nitrogen and oxygen atoms in total. The molecule has 5 heteroatoms. The van der Waals surface area contributed by atoms with Crippen molar-refractivity contribution in [3.05, 3.63) is 5.82 Å². The van der Waals surface area contributed by atoms with E-state index in [1.54, 1.807) is 7.05 Å². The van der Waals surface area contributed by atoms with E-state index in [-0.39, 0.29) is 0 Å². The Morgan fingerprint density at radius 1 is 1.27 bits per heavy atom. The number of nitrogens with one attached hydrogen (secondary N) is 1. The number of hydrogen-bond acceptors (Lipinski definition) is 4. The first-order valence-electron chi connectivity index (χ1n) is 5.32. The van der Waals surface area contributed by atoms with Gasteiger partial charge in [-0.05, 0) is 16.0 Å². The summed E-state index contributed by atoms with van der Waals surface area (Å²) in [6.07, 6.45) is 0. The first-order chi connectivity index (χ1) is 6.85. The van der Waals surface area contributed by atoms with Crippen LogP contribution in [0.5, 0.6) is 0 Å². The van der Waals surface area contributed by atoms with Gasteiger partial charge in [-0.15, -0.1) is 10.2 Å². The van der Waals surface area contributed by atoms with Crippen LogP contribution in [0.2, 0.25) is 0 Å². The Morgan fingerprint density at radius 3 is 2.27 bits per heavy atom. The molecular weight excluding hydrogens is 190 g/mol. The van der Waals surface area contributed by atoms with Crippen molar-refractivity contribution in [1.82, 2.24) is 25.5 Å². The summed E-state index contributed by atoms with van der Waals surface area (Å²) in [6, 6.07) is 0.536. The molecule has 0 radical (unpaired) electrons. The molecule has 1 saturated carbocycles. The molecule has 2 rings (SSSR count). The number of nitrogens with zero attached hydrogens (tertiary/aromatic N) is 4. The van der Waals surface area contributed by atoms with Crippen LogP contribution in [-0.2, 0) is 13.6 Å². The molecule has 0 unspecified atom stereocenters. The summed E-state index contributed by atoms with van der Waals surface area (Å²) in [7, 11) is 1.78. The van der Waals surface area contributed by atoms with Gasteiger partial charge in [-0.2, -0.15) is 4.80 Å². The quantitative estimate of drug-likeness (QED) is 0.797. The molecule has 0 aromatic carbocycles. The molecule has 1 aromatic rings. The third-order valence-electron chi connectivity index (χ3n) is 4.03. The molecule has 84 valence electrons. The van der Waals surface area contributed by atoms with E-state index in [1.165, 1.54) is 4.80 Å². The highest BCUT2D eigenvalue weighted by atomic mass is 15.6. The number of aromatic nitrogens is 4. The summed E-state index contributed by atoms with van der Waals surface area (Å²) in [6.45, 7) is 9.85. The fourth-order valence-corrected chi connectivity index (χ4v) is 2.29. The second kappa shape index (κ2) is 3.01. The Labute approximate surface area is 90.2 Å². The lowest BCUT2D eigenvalue weighted by Crippen LogP contribution is -2.22. The fourth-order valence-electron chi connectivity index (χ4n) is 2.29. The highest BCUT2D eigenvalue weighted by molar-refractivity contribution is 5.17. The van der Waals surface area contributed by atoms with E-state index in [0.717, 1.165) is 5.82 Å². The molecular formula is C10H19N5. The van der Waals surface area contributed by atoms with Crippen molar-refractivity contribution in [3.63, 3.8) is 0 Å². The van der Waals surface area contributed by atoms with Crippen molar-refractivity contribution < 1.29 is 0 Å². The lowest BCUT2D eigenvalue weighted by Gasteiger charge is -2.03. The first-order valence-corrected chi connectivity index (χ1v) is 5.32. The van der Waals surface area contributed by atoms with Crippen LogP contribution in [0, 0.1) is 10.8 Å². The average Bonchev–Trinajstić information content (AvgIpc) is 2.50. The third-order valence-corrected chi connectivity index (χ3v) is 4.03. The van der Waals surface area contributed by atoms with Gasteiger partial charge in [-0.25, -0.2) is 0 Å². The van der Waals surface area contributed by atoms with Crippen molar-refractivity contribution in [2.24, 2.45) is 17.9 Å². The molecule has 0 atom stereocenters. The average molecular weight is 209 g/mol. The van der Waals surface area contributed by atoms with Gasteiger partial charge in [0.2, 0.25) is 0 Å². The largest absolute Gasteiger partial charge is 0.306 e. The summed E-state index contributed by atoms with van der Waals surface area (Å²) in [4.78, 5) is 1.49. The number of tetrazole rings is 1. The van der Waals surface area contributed by atoms with E-state index in [2.05, 4.69) is 48.4 Å². The Kier molecular flexibility index (Phi) is 2.12. The summed E-state index contributed by atoms with van der Waals surface area (Å²) in [5.74, 6) is 0.760. The fraction of sp³-hybridized carbons (Fsp3) is 0.900. The van der Waals surface area contributed by atoms with Crippen LogP contribution in [0.25, 0.3) is 0 Å². The molecule has 0 saturated heterocycles. The molecule has 15 heavy (non-hydrogen) atoms. The number of hydrogen-bond donors (Lipinski definition) is 1. The molecule has 0 bridgehead atoms. The standard InChI is InChI=1S/C10H19N5/c1-9(2)8(10(9,3)4)11-6-7-12-14-15(5)13-7/h8,11H,6H2,1-5H3. The summed E-state index contributed by atoms with van der Waals surface area (Å²) < 4.78 is 0. The zero-order valence-electron chi connectivity index (χ0n) is 10.1. The van der Waals surface area contributed by atoms with Crippen LogP contribution in [0.15, 0.2) is 0 Å². The SMILES string of the molecule is Cn1nnc(CNC2C(C)(C)C2(C)C)n1. The smallest absolute Gasteiger partial charge is 0.188 e. The maximum atomic E-state index is 4.14. The minimum atomic E-state index is 0.356. The van der Waals surface area contributed by atoms with Crippen molar-refractivity contribution in [2.75, 3.05) is 0 Å². The Hall–Kier alpha value is -0.970. The maximum Gasteiger partial charge on any atom is 0.188 e. The molecule has 1 aliphatic rings. The van der Waals surface area contributed by atoms with E-state index in [4.69, 9.17) is 0 Å². The van der Waals surface area contributed by atoms with Crippen molar-refractivity contribution in [2.45, 2.75) is 40.3 Å². The normalized spacial score (nSPS) is 23.0. The van der Waals surface area contributed by atoms with Gasteiger partial charge in [0.15, 0.2) is 5.82 Å². The second-order valence-electron chi connectivity index (χ2n) is 5.45. The molecule has 1 aliphatic carbocycles. The molecule has 1 aromatic heterocycles. The van der Waals surface area contributed by atoms with Crippen molar-refractivity contribution in [1.29, 1.82) is 0 Å². The van der Waals surface area contributed by atoms with Crippen LogP contribution >= 0.6 is 0 Å². The predicted octanol–water partition coefficient (Wildman–Crippen LogP) is 0.734. The first kappa shape index (κ1) is 10.5. The van der Waals surface area contributed by atoms with E-state index >= 15 is 0 Å². The van der Waals surface area contributed by atoms with Gasteiger partial charge in [0.05, 0.1) is 13.6 Å². The summed E-state index contributed by atoms with van der Waals surface area (Å²) >= 11 is 0. The highest BCUT2D eigenvalue weighted by Gasteiger charge is 2.64. The van der Waals surface area contributed by atoms with Crippen LogP contribution < -0.4 is 5.32 Å². The summed E-state index contributed by atoms with van der Waals surface area (Å²) in [5.41, 5.74) is 0.713. The summed E-state index contributed by atoms with van der Waals surface area (Å²) in [5, 5.41) is 15.4. The second-order valence-corrected chi connectivity index (χ2v) is 5.45. The van der Waals surface area contributed by atoms with Gasteiger partial charge >= 0.3 is 0 Å². The molecule has 1 fully saturated rings. The van der Waals surface area contributed by atoms with Crippen LogP contribution in [0.3, 0.4) is 0 Å². The van der Waals surface area contributed by atoms with Gasteiger partial charge in [-0.3, -0.25) is 0 Å². The van der Waals surface area contributed by atoms with E-state index < -0.39 is 0 Å². The molecule has 0 spiro atoms. The van der Waals surface area contributed by atoms with Gasteiger partial charge < -0.3 is 5.32 Å². The van der Waals surface area contributed by atoms with Crippen LogP contribution in [0.1, 0.15) is 33.5 Å². The Bertz CT molecular complexity index is 352. The number of rotatable bonds is 3. The zero-order valence-corrected chi connectivity index (χ0v) is 10.1. The third kappa shape index (κ3) is 1.55. The van der Waals surface area contributed by atoms with Gasteiger partial charge in [0, 0.05) is 6.04 Å². The Morgan fingerprint density at radius 2 is 1.87 bits per heavy atom. The lowest BCUT2D eigenvalue weighted by atomic mass is 10.0. The van der Waals surface area contributed by atoms with Crippen molar-refractivity contribution in [3.8, 4) is 0 Å². The van der Waals surface area contributed by atoms with Crippen LogP contribution in [0.4, 0.5) is 0 Å². The van der Waals surface area contributed by atoms with E-state index in [0.29, 0.717) is 23.4 Å². The molecule has 0 amide bonds. The van der Waals surface area contributed by atoms with Gasteiger partial charge in [0.1, 0.15) is 0 Å². The topological polar surface area (TPSA) is 55.6 Å². The molecule has 1 heterocycles. The Balaban J connectivity index is 1.91. The van der Waals surface area contributed by atoms with Gasteiger partial charge in [-0.1, -0.05) is 27.7 Å². The molecule has 1 N–H and O–H groups in total. The molecule has 0 aliphatic heterocycles.